The lowest BCUT2D eigenvalue weighted by atomic mass is 10.1. The maximum absolute atomic E-state index is 9.00. The standard InChI is InChI=1S/C11H7ClN2S/c1-7-10(6-13)11(15-14-7)8-3-2-4-9(12)5-8/h2-5H,1H3. The molecule has 0 bridgehead atoms. The summed E-state index contributed by atoms with van der Waals surface area (Å²) in [6.07, 6.45) is 0. The molecule has 2 nitrogen and oxygen atoms in total. The van der Waals surface area contributed by atoms with Crippen LogP contribution in [0.25, 0.3) is 10.4 Å². The number of aromatic nitrogens is 1. The fourth-order valence-corrected chi connectivity index (χ4v) is 2.35. The minimum atomic E-state index is 0.641. The highest BCUT2D eigenvalue weighted by Crippen LogP contribution is 2.30. The number of nitriles is 1. The first-order valence-corrected chi connectivity index (χ1v) is 5.50. The van der Waals surface area contributed by atoms with Gasteiger partial charge in [0.05, 0.1) is 16.1 Å². The lowest BCUT2D eigenvalue weighted by molar-refractivity contribution is 1.31. The van der Waals surface area contributed by atoms with Crippen LogP contribution in [-0.2, 0) is 0 Å². The number of halogens is 1. The molecule has 1 aromatic carbocycles. The van der Waals surface area contributed by atoms with Crippen LogP contribution in [0.3, 0.4) is 0 Å². The van der Waals surface area contributed by atoms with Crippen molar-refractivity contribution in [2.24, 2.45) is 0 Å². The molecule has 74 valence electrons. The fourth-order valence-electron chi connectivity index (χ4n) is 1.33. The molecule has 0 amide bonds. The van der Waals surface area contributed by atoms with Crippen molar-refractivity contribution in [1.82, 2.24) is 4.37 Å². The Hall–Kier alpha value is -1.37. The van der Waals surface area contributed by atoms with Gasteiger partial charge in [-0.2, -0.15) is 9.64 Å². The third-order valence-electron chi connectivity index (χ3n) is 2.06. The van der Waals surface area contributed by atoms with Gasteiger partial charge < -0.3 is 0 Å². The van der Waals surface area contributed by atoms with Gasteiger partial charge in [0.15, 0.2) is 0 Å². The first-order valence-electron chi connectivity index (χ1n) is 4.34. The Morgan fingerprint density at radius 3 is 2.93 bits per heavy atom. The highest BCUT2D eigenvalue weighted by atomic mass is 35.5. The average Bonchev–Trinajstić information content (AvgIpc) is 2.59. The molecule has 15 heavy (non-hydrogen) atoms. The summed E-state index contributed by atoms with van der Waals surface area (Å²) in [5.74, 6) is 0. The Morgan fingerprint density at radius 2 is 2.27 bits per heavy atom. The molecule has 0 saturated carbocycles. The van der Waals surface area contributed by atoms with Gasteiger partial charge >= 0.3 is 0 Å². The van der Waals surface area contributed by atoms with Crippen molar-refractivity contribution in [2.75, 3.05) is 0 Å². The summed E-state index contributed by atoms with van der Waals surface area (Å²) in [4.78, 5) is 0.887. The van der Waals surface area contributed by atoms with Gasteiger partial charge in [0.25, 0.3) is 0 Å². The van der Waals surface area contributed by atoms with E-state index in [0.717, 1.165) is 16.1 Å². The molecule has 0 unspecified atom stereocenters. The Morgan fingerprint density at radius 1 is 1.47 bits per heavy atom. The first-order chi connectivity index (χ1) is 7.22. The molecular weight excluding hydrogens is 228 g/mol. The third-order valence-corrected chi connectivity index (χ3v) is 3.28. The van der Waals surface area contributed by atoms with Crippen molar-refractivity contribution >= 4 is 23.1 Å². The Labute approximate surface area is 96.9 Å². The number of nitrogens with zero attached hydrogens (tertiary/aromatic N) is 2. The Kier molecular flexibility index (Phi) is 2.72. The SMILES string of the molecule is Cc1nsc(-c2cccc(Cl)c2)c1C#N. The summed E-state index contributed by atoms with van der Waals surface area (Å²) < 4.78 is 4.17. The van der Waals surface area contributed by atoms with Crippen LogP contribution in [0.15, 0.2) is 24.3 Å². The van der Waals surface area contributed by atoms with Crippen LogP contribution in [0.1, 0.15) is 11.3 Å². The molecule has 0 aliphatic rings. The molecule has 1 aromatic heterocycles. The summed E-state index contributed by atoms with van der Waals surface area (Å²) in [6, 6.07) is 9.62. The summed E-state index contributed by atoms with van der Waals surface area (Å²) in [5.41, 5.74) is 2.37. The van der Waals surface area contributed by atoms with E-state index in [0.29, 0.717) is 10.6 Å². The third kappa shape index (κ3) is 1.87. The lowest BCUT2D eigenvalue weighted by Crippen LogP contribution is -1.80. The molecule has 0 radical (unpaired) electrons. The fraction of sp³-hybridized carbons (Fsp3) is 0.0909. The zero-order chi connectivity index (χ0) is 10.8. The topological polar surface area (TPSA) is 36.7 Å². The van der Waals surface area contributed by atoms with Gasteiger partial charge in [-0.15, -0.1) is 0 Å². The number of hydrogen-bond donors (Lipinski definition) is 0. The molecule has 2 rings (SSSR count). The van der Waals surface area contributed by atoms with Gasteiger partial charge in [-0.05, 0) is 36.2 Å². The summed E-state index contributed by atoms with van der Waals surface area (Å²) in [6.45, 7) is 1.84. The van der Waals surface area contributed by atoms with E-state index < -0.39 is 0 Å². The van der Waals surface area contributed by atoms with Gasteiger partial charge in [-0.3, -0.25) is 0 Å². The molecule has 0 aliphatic carbocycles. The maximum atomic E-state index is 9.00. The van der Waals surface area contributed by atoms with Crippen molar-refractivity contribution in [3.05, 3.63) is 40.5 Å². The molecule has 0 fully saturated rings. The lowest BCUT2D eigenvalue weighted by Gasteiger charge is -1.97. The molecule has 0 N–H and O–H groups in total. The van der Waals surface area contributed by atoms with Gasteiger partial charge in [-0.25, -0.2) is 0 Å². The van der Waals surface area contributed by atoms with E-state index in [1.807, 2.05) is 31.2 Å². The largest absolute Gasteiger partial charge is 0.196 e. The van der Waals surface area contributed by atoms with E-state index in [1.54, 1.807) is 0 Å². The van der Waals surface area contributed by atoms with Crippen molar-refractivity contribution in [1.29, 1.82) is 5.26 Å². The monoisotopic (exact) mass is 234 g/mol. The number of benzene rings is 1. The van der Waals surface area contributed by atoms with Crippen LogP contribution in [0.2, 0.25) is 5.02 Å². The van der Waals surface area contributed by atoms with Crippen molar-refractivity contribution in [3.8, 4) is 16.5 Å². The summed E-state index contributed by atoms with van der Waals surface area (Å²) >= 11 is 7.23. The van der Waals surface area contributed by atoms with Crippen LogP contribution in [0.5, 0.6) is 0 Å². The van der Waals surface area contributed by atoms with Gasteiger partial charge in [0, 0.05) is 5.02 Å². The molecule has 0 saturated heterocycles. The van der Waals surface area contributed by atoms with Crippen LogP contribution in [0.4, 0.5) is 0 Å². The number of hydrogen-bond acceptors (Lipinski definition) is 3. The van der Waals surface area contributed by atoms with E-state index >= 15 is 0 Å². The molecule has 2 aromatic rings. The second-order valence-corrected chi connectivity index (χ2v) is 4.30. The van der Waals surface area contributed by atoms with Gasteiger partial charge in [0.1, 0.15) is 6.07 Å². The minimum absolute atomic E-state index is 0.641. The molecule has 0 aliphatic heterocycles. The number of aryl methyl sites for hydroxylation is 1. The average molecular weight is 235 g/mol. The summed E-state index contributed by atoms with van der Waals surface area (Å²) in [7, 11) is 0. The van der Waals surface area contributed by atoms with Crippen LogP contribution in [-0.4, -0.2) is 4.37 Å². The molecular formula is C11H7ClN2S. The quantitative estimate of drug-likeness (QED) is 0.755. The second-order valence-electron chi connectivity index (χ2n) is 3.09. The zero-order valence-electron chi connectivity index (χ0n) is 7.99. The summed E-state index contributed by atoms with van der Waals surface area (Å²) in [5, 5.41) is 9.67. The van der Waals surface area contributed by atoms with Crippen LogP contribution < -0.4 is 0 Å². The number of rotatable bonds is 1. The van der Waals surface area contributed by atoms with E-state index in [4.69, 9.17) is 16.9 Å². The minimum Gasteiger partial charge on any atom is -0.196 e. The first kappa shape index (κ1) is 10.2. The van der Waals surface area contributed by atoms with Crippen LogP contribution >= 0.6 is 23.1 Å². The maximum Gasteiger partial charge on any atom is 0.103 e. The van der Waals surface area contributed by atoms with Gasteiger partial charge in [-0.1, -0.05) is 23.7 Å². The molecule has 0 spiro atoms. The highest BCUT2D eigenvalue weighted by Gasteiger charge is 2.11. The molecule has 4 heteroatoms. The van der Waals surface area contributed by atoms with E-state index in [1.165, 1.54) is 11.5 Å². The van der Waals surface area contributed by atoms with Crippen molar-refractivity contribution < 1.29 is 0 Å². The highest BCUT2D eigenvalue weighted by molar-refractivity contribution is 7.10. The van der Waals surface area contributed by atoms with E-state index in [9.17, 15) is 0 Å². The Balaban J connectivity index is 2.60. The smallest absolute Gasteiger partial charge is 0.103 e. The van der Waals surface area contributed by atoms with Gasteiger partial charge in [0.2, 0.25) is 0 Å². The second kappa shape index (κ2) is 4.01. The molecule has 1 heterocycles. The normalized spacial score (nSPS) is 9.93. The zero-order valence-corrected chi connectivity index (χ0v) is 9.56. The van der Waals surface area contributed by atoms with Crippen molar-refractivity contribution in [2.45, 2.75) is 6.92 Å². The van der Waals surface area contributed by atoms with Crippen molar-refractivity contribution in [3.63, 3.8) is 0 Å². The van der Waals surface area contributed by atoms with Crippen LogP contribution in [0, 0.1) is 18.3 Å². The predicted octanol–water partition coefficient (Wildman–Crippen LogP) is 3.64. The molecule has 0 atom stereocenters. The van der Waals surface area contributed by atoms with E-state index in [-0.39, 0.29) is 0 Å². The Bertz CT molecular complexity index is 540. The van der Waals surface area contributed by atoms with E-state index in [2.05, 4.69) is 10.4 Å². The predicted molar refractivity (Wildman–Crippen MR) is 62.0 cm³/mol.